The molecule has 2 unspecified atom stereocenters. The molecular weight excluding hydrogens is 236 g/mol. The Morgan fingerprint density at radius 3 is 3.05 bits per heavy atom. The highest BCUT2D eigenvalue weighted by molar-refractivity contribution is 5.51. The largest absolute Gasteiger partial charge is 0.497 e. The van der Waals surface area contributed by atoms with Crippen LogP contribution in [0.25, 0.3) is 0 Å². The summed E-state index contributed by atoms with van der Waals surface area (Å²) in [5.74, 6) is 1.75. The van der Waals surface area contributed by atoms with E-state index in [-0.39, 0.29) is 0 Å². The molecule has 3 nitrogen and oxygen atoms in total. The molecule has 19 heavy (non-hydrogen) atoms. The van der Waals surface area contributed by atoms with Crippen LogP contribution in [0.15, 0.2) is 24.3 Å². The van der Waals surface area contributed by atoms with Crippen molar-refractivity contribution in [3.63, 3.8) is 0 Å². The van der Waals surface area contributed by atoms with Gasteiger partial charge < -0.3 is 15.0 Å². The third kappa shape index (κ3) is 3.87. The standard InChI is InChI=1S/C16H26N2O/c1-4-17-13(2)10-14-8-9-18(12-14)15-6-5-7-16(11-15)19-3/h5-7,11,13-14,17H,4,8-10,12H2,1-3H3. The Labute approximate surface area is 116 Å². The molecule has 0 amide bonds. The summed E-state index contributed by atoms with van der Waals surface area (Å²) >= 11 is 0. The van der Waals surface area contributed by atoms with Gasteiger partial charge in [-0.3, -0.25) is 0 Å². The van der Waals surface area contributed by atoms with E-state index in [2.05, 4.69) is 42.3 Å². The average Bonchev–Trinajstić information content (AvgIpc) is 2.87. The minimum absolute atomic E-state index is 0.625. The quantitative estimate of drug-likeness (QED) is 0.853. The van der Waals surface area contributed by atoms with E-state index in [1.165, 1.54) is 25.1 Å². The van der Waals surface area contributed by atoms with Crippen molar-refractivity contribution in [3.05, 3.63) is 24.3 Å². The smallest absolute Gasteiger partial charge is 0.120 e. The zero-order valence-electron chi connectivity index (χ0n) is 12.4. The summed E-state index contributed by atoms with van der Waals surface area (Å²) < 4.78 is 5.30. The van der Waals surface area contributed by atoms with Gasteiger partial charge in [0, 0.05) is 30.9 Å². The van der Waals surface area contributed by atoms with Crippen LogP contribution >= 0.6 is 0 Å². The van der Waals surface area contributed by atoms with Crippen LogP contribution in [-0.4, -0.2) is 32.8 Å². The lowest BCUT2D eigenvalue weighted by atomic mass is 10.0. The van der Waals surface area contributed by atoms with Crippen molar-refractivity contribution >= 4 is 5.69 Å². The third-order valence-electron chi connectivity index (χ3n) is 3.94. The minimum atomic E-state index is 0.625. The number of benzene rings is 1. The van der Waals surface area contributed by atoms with Gasteiger partial charge in [0.15, 0.2) is 0 Å². The molecule has 0 bridgehead atoms. The van der Waals surface area contributed by atoms with Crippen molar-refractivity contribution < 1.29 is 4.74 Å². The fourth-order valence-corrected chi connectivity index (χ4v) is 3.00. The number of nitrogens with one attached hydrogen (secondary N) is 1. The highest BCUT2D eigenvalue weighted by Crippen LogP contribution is 2.28. The van der Waals surface area contributed by atoms with Crippen LogP contribution in [0.5, 0.6) is 5.75 Å². The van der Waals surface area contributed by atoms with Crippen molar-refractivity contribution in [2.24, 2.45) is 5.92 Å². The van der Waals surface area contributed by atoms with Crippen LogP contribution in [0, 0.1) is 5.92 Å². The van der Waals surface area contributed by atoms with E-state index < -0.39 is 0 Å². The Morgan fingerprint density at radius 1 is 1.47 bits per heavy atom. The van der Waals surface area contributed by atoms with Crippen LogP contribution in [-0.2, 0) is 0 Å². The van der Waals surface area contributed by atoms with Gasteiger partial charge in [0.25, 0.3) is 0 Å². The van der Waals surface area contributed by atoms with Crippen molar-refractivity contribution in [1.82, 2.24) is 5.32 Å². The van der Waals surface area contributed by atoms with Crippen LogP contribution in [0.2, 0.25) is 0 Å². The van der Waals surface area contributed by atoms with Crippen LogP contribution in [0.3, 0.4) is 0 Å². The van der Waals surface area contributed by atoms with E-state index in [9.17, 15) is 0 Å². The van der Waals surface area contributed by atoms with Gasteiger partial charge in [-0.05, 0) is 44.4 Å². The lowest BCUT2D eigenvalue weighted by molar-refractivity contribution is 0.414. The minimum Gasteiger partial charge on any atom is -0.497 e. The molecule has 1 aliphatic heterocycles. The summed E-state index contributed by atoms with van der Waals surface area (Å²) in [6.07, 6.45) is 2.57. The fourth-order valence-electron chi connectivity index (χ4n) is 3.00. The second kappa shape index (κ2) is 6.80. The van der Waals surface area contributed by atoms with Crippen molar-refractivity contribution in [2.75, 3.05) is 31.6 Å². The molecule has 1 aliphatic rings. The maximum Gasteiger partial charge on any atom is 0.120 e. The molecule has 0 saturated carbocycles. The number of hydrogen-bond acceptors (Lipinski definition) is 3. The first-order valence-corrected chi connectivity index (χ1v) is 7.35. The second-order valence-electron chi connectivity index (χ2n) is 5.50. The predicted octanol–water partition coefficient (Wildman–Crippen LogP) is 2.91. The number of methoxy groups -OCH3 is 1. The first-order chi connectivity index (χ1) is 9.22. The summed E-state index contributed by atoms with van der Waals surface area (Å²) in [5, 5.41) is 3.51. The average molecular weight is 262 g/mol. The SMILES string of the molecule is CCNC(C)CC1CCN(c2cccc(OC)c2)C1. The summed E-state index contributed by atoms with van der Waals surface area (Å²) in [6, 6.07) is 9.02. The lowest BCUT2D eigenvalue weighted by Gasteiger charge is -2.21. The van der Waals surface area contributed by atoms with Gasteiger partial charge in [0.05, 0.1) is 7.11 Å². The molecule has 1 N–H and O–H groups in total. The molecule has 3 heteroatoms. The van der Waals surface area contributed by atoms with Gasteiger partial charge in [0.2, 0.25) is 0 Å². The zero-order valence-corrected chi connectivity index (χ0v) is 12.4. The molecule has 1 heterocycles. The first-order valence-electron chi connectivity index (χ1n) is 7.35. The van der Waals surface area contributed by atoms with Crippen LogP contribution < -0.4 is 15.0 Å². The molecule has 1 fully saturated rings. The molecule has 0 spiro atoms. The molecule has 0 radical (unpaired) electrons. The van der Waals surface area contributed by atoms with Crippen LogP contribution in [0.4, 0.5) is 5.69 Å². The second-order valence-corrected chi connectivity index (χ2v) is 5.50. The van der Waals surface area contributed by atoms with Crippen LogP contribution in [0.1, 0.15) is 26.7 Å². The molecular formula is C16H26N2O. The van der Waals surface area contributed by atoms with E-state index >= 15 is 0 Å². The maximum atomic E-state index is 5.30. The molecule has 0 aromatic heterocycles. The van der Waals surface area contributed by atoms with E-state index in [0.29, 0.717) is 6.04 Å². The number of nitrogens with zero attached hydrogens (tertiary/aromatic N) is 1. The number of anilines is 1. The normalized spacial score (nSPS) is 20.6. The summed E-state index contributed by atoms with van der Waals surface area (Å²) in [7, 11) is 1.73. The number of rotatable bonds is 6. The Balaban J connectivity index is 1.90. The topological polar surface area (TPSA) is 24.5 Å². The zero-order chi connectivity index (χ0) is 13.7. The van der Waals surface area contributed by atoms with E-state index in [1.54, 1.807) is 7.11 Å². The number of hydrogen-bond donors (Lipinski definition) is 1. The Morgan fingerprint density at radius 2 is 2.32 bits per heavy atom. The molecule has 1 saturated heterocycles. The molecule has 106 valence electrons. The Hall–Kier alpha value is -1.22. The summed E-state index contributed by atoms with van der Waals surface area (Å²) in [4.78, 5) is 2.48. The van der Waals surface area contributed by atoms with Crippen molar-refractivity contribution in [2.45, 2.75) is 32.7 Å². The highest BCUT2D eigenvalue weighted by Gasteiger charge is 2.24. The Bertz CT molecular complexity index is 394. The first kappa shape index (κ1) is 14.2. The van der Waals surface area contributed by atoms with E-state index in [4.69, 9.17) is 4.74 Å². The highest BCUT2D eigenvalue weighted by atomic mass is 16.5. The summed E-state index contributed by atoms with van der Waals surface area (Å²) in [5.41, 5.74) is 1.29. The molecule has 0 aliphatic carbocycles. The summed E-state index contributed by atoms with van der Waals surface area (Å²) in [6.45, 7) is 7.86. The van der Waals surface area contributed by atoms with Gasteiger partial charge in [0.1, 0.15) is 5.75 Å². The van der Waals surface area contributed by atoms with E-state index in [0.717, 1.165) is 24.8 Å². The Kier molecular flexibility index (Phi) is 5.08. The van der Waals surface area contributed by atoms with Crippen molar-refractivity contribution in [3.8, 4) is 5.75 Å². The molecule has 2 atom stereocenters. The fraction of sp³-hybridized carbons (Fsp3) is 0.625. The molecule has 1 aromatic rings. The molecule has 2 rings (SSSR count). The van der Waals surface area contributed by atoms with Gasteiger partial charge in [-0.15, -0.1) is 0 Å². The van der Waals surface area contributed by atoms with Gasteiger partial charge >= 0.3 is 0 Å². The van der Waals surface area contributed by atoms with Gasteiger partial charge in [-0.1, -0.05) is 13.0 Å². The van der Waals surface area contributed by atoms with Gasteiger partial charge in [-0.25, -0.2) is 0 Å². The number of ether oxygens (including phenoxy) is 1. The molecule has 1 aromatic carbocycles. The van der Waals surface area contributed by atoms with E-state index in [1.807, 2.05) is 6.07 Å². The van der Waals surface area contributed by atoms with Crippen molar-refractivity contribution in [1.29, 1.82) is 0 Å². The maximum absolute atomic E-state index is 5.30. The monoisotopic (exact) mass is 262 g/mol. The lowest BCUT2D eigenvalue weighted by Crippen LogP contribution is -2.29. The predicted molar refractivity (Wildman–Crippen MR) is 81.1 cm³/mol. The van der Waals surface area contributed by atoms with Gasteiger partial charge in [-0.2, -0.15) is 0 Å². The third-order valence-corrected chi connectivity index (χ3v) is 3.94.